The molecule has 3 nitrogen and oxygen atoms in total. The molecule has 1 saturated heterocycles. The number of aliphatic hydroxyl groups is 1. The molecule has 0 radical (unpaired) electrons. The fourth-order valence-electron chi connectivity index (χ4n) is 2.25. The second kappa shape index (κ2) is 5.04. The normalized spacial score (nSPS) is 20.4. The fourth-order valence-corrected chi connectivity index (χ4v) is 2.56. The third-order valence-corrected chi connectivity index (χ3v) is 3.45. The van der Waals surface area contributed by atoms with Crippen LogP contribution in [-0.2, 0) is 6.54 Å². The first-order valence-electron chi connectivity index (χ1n) is 5.62. The Morgan fingerprint density at radius 1 is 1.50 bits per heavy atom. The van der Waals surface area contributed by atoms with Gasteiger partial charge >= 0.3 is 0 Å². The van der Waals surface area contributed by atoms with E-state index in [0.29, 0.717) is 6.54 Å². The van der Waals surface area contributed by atoms with Crippen molar-refractivity contribution in [2.75, 3.05) is 18.1 Å². The van der Waals surface area contributed by atoms with E-state index in [4.69, 9.17) is 17.3 Å². The van der Waals surface area contributed by atoms with Gasteiger partial charge < -0.3 is 15.7 Å². The van der Waals surface area contributed by atoms with Gasteiger partial charge in [0.05, 0.1) is 23.4 Å². The van der Waals surface area contributed by atoms with Crippen LogP contribution in [0, 0.1) is 0 Å². The average molecular weight is 241 g/mol. The van der Waals surface area contributed by atoms with Crippen LogP contribution in [0.25, 0.3) is 0 Å². The Labute approximate surface area is 101 Å². The lowest BCUT2D eigenvalue weighted by Gasteiger charge is -2.26. The van der Waals surface area contributed by atoms with Crippen LogP contribution >= 0.6 is 11.6 Å². The summed E-state index contributed by atoms with van der Waals surface area (Å²) in [7, 11) is 0. The highest BCUT2D eigenvalue weighted by Crippen LogP contribution is 2.32. The highest BCUT2D eigenvalue weighted by Gasteiger charge is 2.25. The Kier molecular flexibility index (Phi) is 3.69. The molecule has 0 aliphatic carbocycles. The predicted molar refractivity (Wildman–Crippen MR) is 66.8 cm³/mol. The molecule has 1 aromatic rings. The van der Waals surface area contributed by atoms with Gasteiger partial charge in [0, 0.05) is 13.1 Å². The second-order valence-electron chi connectivity index (χ2n) is 4.16. The fraction of sp³-hybridized carbons (Fsp3) is 0.500. The summed E-state index contributed by atoms with van der Waals surface area (Å²) in [6, 6.07) is 6.11. The van der Waals surface area contributed by atoms with Gasteiger partial charge in [-0.3, -0.25) is 0 Å². The Morgan fingerprint density at radius 2 is 2.31 bits per heavy atom. The van der Waals surface area contributed by atoms with Crippen molar-refractivity contribution in [3.63, 3.8) is 0 Å². The van der Waals surface area contributed by atoms with Gasteiger partial charge in [-0.15, -0.1) is 0 Å². The average Bonchev–Trinajstić information content (AvgIpc) is 2.76. The molecule has 1 heterocycles. The standard InChI is InChI=1S/C12H17ClN2O/c13-11-6-9(7-14)3-4-12(11)15-5-1-2-10(15)8-16/h3-4,6,10,16H,1-2,5,7-8,14H2. The highest BCUT2D eigenvalue weighted by atomic mass is 35.5. The van der Waals surface area contributed by atoms with E-state index >= 15 is 0 Å². The Hall–Kier alpha value is -0.770. The zero-order valence-corrected chi connectivity index (χ0v) is 9.95. The first-order chi connectivity index (χ1) is 7.76. The van der Waals surface area contributed by atoms with Crippen molar-refractivity contribution in [1.82, 2.24) is 0 Å². The van der Waals surface area contributed by atoms with E-state index in [1.807, 2.05) is 18.2 Å². The SMILES string of the molecule is NCc1ccc(N2CCCC2CO)c(Cl)c1. The van der Waals surface area contributed by atoms with Crippen molar-refractivity contribution in [1.29, 1.82) is 0 Å². The summed E-state index contributed by atoms with van der Waals surface area (Å²) in [6.07, 6.45) is 2.14. The van der Waals surface area contributed by atoms with Crippen molar-refractivity contribution >= 4 is 17.3 Å². The summed E-state index contributed by atoms with van der Waals surface area (Å²) in [6.45, 7) is 1.66. The Bertz CT molecular complexity index is 370. The van der Waals surface area contributed by atoms with Crippen molar-refractivity contribution in [2.45, 2.75) is 25.4 Å². The molecule has 0 aromatic heterocycles. The maximum atomic E-state index is 9.28. The van der Waals surface area contributed by atoms with E-state index < -0.39 is 0 Å². The molecule has 3 N–H and O–H groups in total. The number of hydrogen-bond donors (Lipinski definition) is 2. The lowest BCUT2D eigenvalue weighted by atomic mass is 10.1. The third-order valence-electron chi connectivity index (χ3n) is 3.15. The molecule has 1 fully saturated rings. The largest absolute Gasteiger partial charge is 0.394 e. The monoisotopic (exact) mass is 240 g/mol. The molecule has 88 valence electrons. The van der Waals surface area contributed by atoms with Gasteiger partial charge in [0.2, 0.25) is 0 Å². The zero-order valence-electron chi connectivity index (χ0n) is 9.19. The second-order valence-corrected chi connectivity index (χ2v) is 4.57. The van der Waals surface area contributed by atoms with E-state index in [0.717, 1.165) is 35.7 Å². The maximum Gasteiger partial charge on any atom is 0.0642 e. The minimum Gasteiger partial charge on any atom is -0.394 e. The van der Waals surface area contributed by atoms with Crippen LogP contribution in [0.3, 0.4) is 0 Å². The van der Waals surface area contributed by atoms with Crippen LogP contribution in [-0.4, -0.2) is 24.3 Å². The van der Waals surface area contributed by atoms with E-state index in [-0.39, 0.29) is 12.6 Å². The van der Waals surface area contributed by atoms with Gasteiger partial charge in [0.15, 0.2) is 0 Å². The van der Waals surface area contributed by atoms with Crippen LogP contribution in [0.4, 0.5) is 5.69 Å². The Balaban J connectivity index is 2.26. The van der Waals surface area contributed by atoms with E-state index in [1.165, 1.54) is 0 Å². The molecule has 16 heavy (non-hydrogen) atoms. The molecule has 1 aliphatic rings. The number of hydrogen-bond acceptors (Lipinski definition) is 3. The van der Waals surface area contributed by atoms with Gasteiger partial charge in [-0.05, 0) is 30.5 Å². The molecule has 0 spiro atoms. The van der Waals surface area contributed by atoms with Crippen LogP contribution in [0.2, 0.25) is 5.02 Å². The smallest absolute Gasteiger partial charge is 0.0642 e. The summed E-state index contributed by atoms with van der Waals surface area (Å²) >= 11 is 6.23. The molecule has 1 unspecified atom stereocenters. The van der Waals surface area contributed by atoms with Crippen LogP contribution < -0.4 is 10.6 Å². The van der Waals surface area contributed by atoms with Crippen LogP contribution in [0.1, 0.15) is 18.4 Å². The minimum absolute atomic E-state index is 0.189. The number of anilines is 1. The summed E-state index contributed by atoms with van der Waals surface area (Å²) in [5.74, 6) is 0. The molecule has 1 aromatic carbocycles. The van der Waals surface area contributed by atoms with Crippen LogP contribution in [0.5, 0.6) is 0 Å². The third kappa shape index (κ3) is 2.17. The molecule has 0 saturated carbocycles. The molecular formula is C12H17ClN2O. The van der Waals surface area contributed by atoms with E-state index in [2.05, 4.69) is 4.90 Å². The number of nitrogens with zero attached hydrogens (tertiary/aromatic N) is 1. The summed E-state index contributed by atoms with van der Waals surface area (Å²) in [5.41, 5.74) is 7.61. The van der Waals surface area contributed by atoms with Gasteiger partial charge in [-0.1, -0.05) is 17.7 Å². The minimum atomic E-state index is 0.189. The first-order valence-corrected chi connectivity index (χ1v) is 6.00. The summed E-state index contributed by atoms with van der Waals surface area (Å²) < 4.78 is 0. The van der Waals surface area contributed by atoms with Crippen molar-refractivity contribution < 1.29 is 5.11 Å². The molecule has 4 heteroatoms. The number of rotatable bonds is 3. The number of aliphatic hydroxyl groups excluding tert-OH is 1. The van der Waals surface area contributed by atoms with Crippen LogP contribution in [0.15, 0.2) is 18.2 Å². The van der Waals surface area contributed by atoms with Gasteiger partial charge in [0.25, 0.3) is 0 Å². The molecule has 0 amide bonds. The molecule has 1 aliphatic heterocycles. The van der Waals surface area contributed by atoms with Gasteiger partial charge in [-0.25, -0.2) is 0 Å². The van der Waals surface area contributed by atoms with E-state index in [1.54, 1.807) is 0 Å². The molecular weight excluding hydrogens is 224 g/mol. The summed E-state index contributed by atoms with van der Waals surface area (Å²) in [4.78, 5) is 2.18. The zero-order chi connectivity index (χ0) is 11.5. The molecule has 0 bridgehead atoms. The molecule has 2 rings (SSSR count). The van der Waals surface area contributed by atoms with E-state index in [9.17, 15) is 5.11 Å². The molecule has 1 atom stereocenters. The van der Waals surface area contributed by atoms with Crippen molar-refractivity contribution in [3.05, 3.63) is 28.8 Å². The first kappa shape index (κ1) is 11.7. The maximum absolute atomic E-state index is 9.28. The Morgan fingerprint density at radius 3 is 2.94 bits per heavy atom. The quantitative estimate of drug-likeness (QED) is 0.847. The number of halogens is 1. The lowest BCUT2D eigenvalue weighted by Crippen LogP contribution is -2.32. The summed E-state index contributed by atoms with van der Waals surface area (Å²) in [5, 5.41) is 10.0. The topological polar surface area (TPSA) is 49.5 Å². The van der Waals surface area contributed by atoms with Crippen molar-refractivity contribution in [2.24, 2.45) is 5.73 Å². The van der Waals surface area contributed by atoms with Gasteiger partial charge in [0.1, 0.15) is 0 Å². The number of benzene rings is 1. The lowest BCUT2D eigenvalue weighted by molar-refractivity contribution is 0.266. The predicted octanol–water partition coefficient (Wildman–Crippen LogP) is 1.76. The highest BCUT2D eigenvalue weighted by molar-refractivity contribution is 6.33. The van der Waals surface area contributed by atoms with Gasteiger partial charge in [-0.2, -0.15) is 0 Å². The van der Waals surface area contributed by atoms with Crippen molar-refractivity contribution in [3.8, 4) is 0 Å². The number of nitrogens with two attached hydrogens (primary N) is 1.